The molecule has 0 spiro atoms. The summed E-state index contributed by atoms with van der Waals surface area (Å²) in [4.78, 5) is 14.2. The predicted octanol–water partition coefficient (Wildman–Crippen LogP) is 3.38. The van der Waals surface area contributed by atoms with Crippen molar-refractivity contribution < 1.29 is 4.79 Å². The van der Waals surface area contributed by atoms with E-state index < -0.39 is 0 Å². The third-order valence-electron chi connectivity index (χ3n) is 3.51. The summed E-state index contributed by atoms with van der Waals surface area (Å²) in [6, 6.07) is 12.4. The van der Waals surface area contributed by atoms with Crippen molar-refractivity contribution in [1.82, 2.24) is 4.90 Å². The fraction of sp³-hybridized carbons (Fsp3) is 0.267. The second kappa shape index (κ2) is 4.94. The molecule has 3 heteroatoms. The maximum atomic E-state index is 12.2. The van der Waals surface area contributed by atoms with Crippen LogP contribution in [0.1, 0.15) is 28.3 Å². The molecule has 1 aromatic carbocycles. The molecule has 1 aliphatic rings. The zero-order valence-electron chi connectivity index (χ0n) is 10.1. The van der Waals surface area contributed by atoms with Crippen LogP contribution < -0.4 is 0 Å². The molecule has 2 nitrogen and oxygen atoms in total. The maximum absolute atomic E-state index is 12.2. The minimum absolute atomic E-state index is 0.176. The summed E-state index contributed by atoms with van der Waals surface area (Å²) in [5.41, 5.74) is 2.17. The van der Waals surface area contributed by atoms with Gasteiger partial charge in [-0.3, -0.25) is 4.79 Å². The van der Waals surface area contributed by atoms with Crippen molar-refractivity contribution >= 4 is 17.2 Å². The van der Waals surface area contributed by atoms with Crippen LogP contribution in [0, 0.1) is 0 Å². The van der Waals surface area contributed by atoms with E-state index in [0.717, 1.165) is 25.1 Å². The fourth-order valence-corrected chi connectivity index (χ4v) is 3.14. The molecular weight excluding hydrogens is 242 g/mol. The molecule has 18 heavy (non-hydrogen) atoms. The topological polar surface area (TPSA) is 20.3 Å². The highest BCUT2D eigenvalue weighted by Crippen LogP contribution is 2.28. The minimum atomic E-state index is 0.176. The van der Waals surface area contributed by atoms with Gasteiger partial charge in [0.15, 0.2) is 0 Å². The van der Waals surface area contributed by atoms with Gasteiger partial charge in [0.2, 0.25) is 0 Å². The van der Waals surface area contributed by atoms with Crippen molar-refractivity contribution in [3.05, 3.63) is 58.3 Å². The first-order chi connectivity index (χ1) is 8.84. The number of rotatable bonds is 2. The zero-order chi connectivity index (χ0) is 12.4. The lowest BCUT2D eigenvalue weighted by Gasteiger charge is -2.16. The van der Waals surface area contributed by atoms with Gasteiger partial charge in [-0.15, -0.1) is 0 Å². The van der Waals surface area contributed by atoms with Crippen LogP contribution in [-0.2, 0) is 0 Å². The Bertz CT molecular complexity index is 521. The Kier molecular flexibility index (Phi) is 3.15. The number of likely N-dealkylation sites (tertiary alicyclic amines) is 1. The third kappa shape index (κ3) is 2.18. The van der Waals surface area contributed by atoms with Crippen molar-refractivity contribution in [2.75, 3.05) is 13.1 Å². The van der Waals surface area contributed by atoms with E-state index >= 15 is 0 Å². The predicted molar refractivity (Wildman–Crippen MR) is 74.0 cm³/mol. The number of hydrogen-bond donors (Lipinski definition) is 0. The van der Waals surface area contributed by atoms with Crippen molar-refractivity contribution in [2.24, 2.45) is 0 Å². The standard InChI is InChI=1S/C15H15NOS/c17-15(14-7-9-18-11-14)16-8-6-13(10-16)12-4-2-1-3-5-12/h1-5,7,9,11,13H,6,8,10H2/t13-/m0/s1. The summed E-state index contributed by atoms with van der Waals surface area (Å²) in [5, 5.41) is 3.89. The molecule has 0 radical (unpaired) electrons. The van der Waals surface area contributed by atoms with Gasteiger partial charge in [0.05, 0.1) is 5.56 Å². The maximum Gasteiger partial charge on any atom is 0.254 e. The summed E-state index contributed by atoms with van der Waals surface area (Å²) in [7, 11) is 0. The molecule has 2 heterocycles. The second-order valence-electron chi connectivity index (χ2n) is 4.66. The Labute approximate surface area is 111 Å². The van der Waals surface area contributed by atoms with Crippen molar-refractivity contribution in [3.8, 4) is 0 Å². The van der Waals surface area contributed by atoms with Gasteiger partial charge in [-0.1, -0.05) is 30.3 Å². The fourth-order valence-electron chi connectivity index (χ4n) is 2.51. The Hall–Kier alpha value is -1.61. The molecule has 2 aromatic rings. The van der Waals surface area contributed by atoms with Gasteiger partial charge >= 0.3 is 0 Å². The Morgan fingerprint density at radius 3 is 2.78 bits per heavy atom. The van der Waals surface area contributed by atoms with Gasteiger partial charge < -0.3 is 4.90 Å². The van der Waals surface area contributed by atoms with Gasteiger partial charge in [-0.2, -0.15) is 11.3 Å². The molecule has 1 fully saturated rings. The van der Waals surface area contributed by atoms with Gasteiger partial charge in [0.1, 0.15) is 0 Å². The van der Waals surface area contributed by atoms with E-state index in [1.807, 2.05) is 27.8 Å². The zero-order valence-corrected chi connectivity index (χ0v) is 10.9. The van der Waals surface area contributed by atoms with Crippen LogP contribution in [0.4, 0.5) is 0 Å². The first-order valence-electron chi connectivity index (χ1n) is 6.21. The number of amides is 1. The molecule has 0 bridgehead atoms. The van der Waals surface area contributed by atoms with Crippen molar-refractivity contribution in [3.63, 3.8) is 0 Å². The van der Waals surface area contributed by atoms with Crippen LogP contribution in [-0.4, -0.2) is 23.9 Å². The van der Waals surface area contributed by atoms with Crippen LogP contribution in [0.15, 0.2) is 47.2 Å². The monoisotopic (exact) mass is 257 g/mol. The normalized spacial score (nSPS) is 19.1. The molecule has 92 valence electrons. The van der Waals surface area contributed by atoms with Crippen LogP contribution in [0.5, 0.6) is 0 Å². The lowest BCUT2D eigenvalue weighted by Crippen LogP contribution is -2.28. The molecule has 3 rings (SSSR count). The quantitative estimate of drug-likeness (QED) is 0.807. The van der Waals surface area contributed by atoms with Crippen molar-refractivity contribution in [2.45, 2.75) is 12.3 Å². The van der Waals surface area contributed by atoms with Crippen LogP contribution >= 0.6 is 11.3 Å². The van der Waals surface area contributed by atoms with Gasteiger partial charge in [0, 0.05) is 24.4 Å². The van der Waals surface area contributed by atoms with E-state index in [2.05, 4.69) is 24.3 Å². The molecule has 1 aromatic heterocycles. The van der Waals surface area contributed by atoms with E-state index in [-0.39, 0.29) is 5.91 Å². The van der Waals surface area contributed by atoms with Crippen molar-refractivity contribution in [1.29, 1.82) is 0 Å². The molecule has 0 N–H and O–H groups in total. The minimum Gasteiger partial charge on any atom is -0.338 e. The molecule has 1 aliphatic heterocycles. The van der Waals surface area contributed by atoms with Gasteiger partial charge in [0.25, 0.3) is 5.91 Å². The largest absolute Gasteiger partial charge is 0.338 e. The van der Waals surface area contributed by atoms with E-state index in [4.69, 9.17) is 0 Å². The van der Waals surface area contributed by atoms with Gasteiger partial charge in [-0.25, -0.2) is 0 Å². The van der Waals surface area contributed by atoms with E-state index in [1.165, 1.54) is 5.56 Å². The summed E-state index contributed by atoms with van der Waals surface area (Å²) < 4.78 is 0. The Balaban J connectivity index is 1.71. The second-order valence-corrected chi connectivity index (χ2v) is 5.44. The molecule has 0 unspecified atom stereocenters. The van der Waals surface area contributed by atoms with Crippen LogP contribution in [0.3, 0.4) is 0 Å². The first-order valence-corrected chi connectivity index (χ1v) is 7.15. The molecular formula is C15H15NOS. The highest BCUT2D eigenvalue weighted by molar-refractivity contribution is 7.08. The number of carbonyl (C=O) groups is 1. The molecule has 1 amide bonds. The summed E-state index contributed by atoms with van der Waals surface area (Å²) in [6.07, 6.45) is 1.07. The SMILES string of the molecule is O=C(c1ccsc1)N1CC[C@H](c2ccccc2)C1. The molecule has 0 saturated carbocycles. The lowest BCUT2D eigenvalue weighted by atomic mass is 9.99. The molecule has 0 aliphatic carbocycles. The number of benzene rings is 1. The Morgan fingerprint density at radius 2 is 2.06 bits per heavy atom. The molecule has 1 saturated heterocycles. The smallest absolute Gasteiger partial charge is 0.254 e. The average molecular weight is 257 g/mol. The number of hydrogen-bond acceptors (Lipinski definition) is 2. The summed E-state index contributed by atoms with van der Waals surface area (Å²) >= 11 is 1.58. The summed E-state index contributed by atoms with van der Waals surface area (Å²) in [5.74, 6) is 0.670. The highest BCUT2D eigenvalue weighted by Gasteiger charge is 2.27. The van der Waals surface area contributed by atoms with E-state index in [0.29, 0.717) is 5.92 Å². The number of carbonyl (C=O) groups excluding carboxylic acids is 1. The van der Waals surface area contributed by atoms with Crippen LogP contribution in [0.25, 0.3) is 0 Å². The number of thiophene rings is 1. The Morgan fingerprint density at radius 1 is 1.22 bits per heavy atom. The highest BCUT2D eigenvalue weighted by atomic mass is 32.1. The third-order valence-corrected chi connectivity index (χ3v) is 4.20. The van der Waals surface area contributed by atoms with Gasteiger partial charge in [-0.05, 0) is 23.4 Å². The summed E-state index contributed by atoms with van der Waals surface area (Å²) in [6.45, 7) is 1.72. The van der Waals surface area contributed by atoms with Crippen LogP contribution in [0.2, 0.25) is 0 Å². The van der Waals surface area contributed by atoms with E-state index in [9.17, 15) is 4.79 Å². The lowest BCUT2D eigenvalue weighted by molar-refractivity contribution is 0.0791. The average Bonchev–Trinajstić information content (AvgIpc) is 3.10. The molecule has 1 atom stereocenters. The number of nitrogens with zero attached hydrogens (tertiary/aromatic N) is 1. The van der Waals surface area contributed by atoms with E-state index in [1.54, 1.807) is 11.3 Å². The first kappa shape index (κ1) is 11.5.